The van der Waals surface area contributed by atoms with E-state index in [1.807, 2.05) is 0 Å². The van der Waals surface area contributed by atoms with Crippen molar-refractivity contribution >= 4 is 0 Å². The van der Waals surface area contributed by atoms with Crippen molar-refractivity contribution in [1.29, 1.82) is 0 Å². The molecule has 1 heterocycles. The zero-order chi connectivity index (χ0) is 13.7. The molecule has 0 unspecified atom stereocenters. The third kappa shape index (κ3) is 3.66. The summed E-state index contributed by atoms with van der Waals surface area (Å²) < 4.78 is 15.7. The summed E-state index contributed by atoms with van der Waals surface area (Å²) in [6, 6.07) is 0.563. The molecule has 1 fully saturated rings. The SMILES string of the molecule is COc1nc(OC)nc(OC2CCC(CO)CC2)n1. The maximum Gasteiger partial charge on any atom is 0.326 e. The summed E-state index contributed by atoms with van der Waals surface area (Å²) in [5, 5.41) is 9.10. The first-order valence-corrected chi connectivity index (χ1v) is 6.36. The summed E-state index contributed by atoms with van der Waals surface area (Å²) in [6.45, 7) is 0.250. The summed E-state index contributed by atoms with van der Waals surface area (Å²) in [5.41, 5.74) is 0. The van der Waals surface area contributed by atoms with Crippen LogP contribution in [0.5, 0.6) is 18.0 Å². The average Bonchev–Trinajstić information content (AvgIpc) is 2.47. The number of hydrogen-bond acceptors (Lipinski definition) is 7. The molecular formula is C12H19N3O4. The van der Waals surface area contributed by atoms with Crippen LogP contribution >= 0.6 is 0 Å². The van der Waals surface area contributed by atoms with Crippen LogP contribution in [0.1, 0.15) is 25.7 Å². The average molecular weight is 269 g/mol. The molecule has 1 aromatic rings. The zero-order valence-corrected chi connectivity index (χ0v) is 11.2. The Balaban J connectivity index is 1.99. The molecule has 7 nitrogen and oxygen atoms in total. The molecule has 1 aliphatic rings. The van der Waals surface area contributed by atoms with Crippen LogP contribution in [0.4, 0.5) is 0 Å². The molecule has 1 aromatic heterocycles. The Morgan fingerprint density at radius 3 is 1.95 bits per heavy atom. The minimum Gasteiger partial charge on any atom is -0.467 e. The molecule has 7 heteroatoms. The van der Waals surface area contributed by atoms with E-state index in [1.54, 1.807) is 0 Å². The first-order chi connectivity index (χ1) is 9.25. The van der Waals surface area contributed by atoms with E-state index in [9.17, 15) is 0 Å². The van der Waals surface area contributed by atoms with Gasteiger partial charge in [0.1, 0.15) is 6.10 Å². The molecule has 19 heavy (non-hydrogen) atoms. The van der Waals surface area contributed by atoms with E-state index in [4.69, 9.17) is 19.3 Å². The normalized spacial score (nSPS) is 22.9. The third-order valence-electron chi connectivity index (χ3n) is 3.26. The molecule has 0 amide bonds. The molecule has 0 aromatic carbocycles. The summed E-state index contributed by atoms with van der Waals surface area (Å²) in [6.07, 6.45) is 3.77. The third-order valence-corrected chi connectivity index (χ3v) is 3.26. The summed E-state index contributed by atoms with van der Waals surface area (Å²) in [5.74, 6) is 0.391. The standard InChI is InChI=1S/C12H19N3O4/c1-17-10-13-11(18-2)15-12(14-10)19-9-5-3-8(7-16)4-6-9/h8-9,16H,3-7H2,1-2H3. The van der Waals surface area contributed by atoms with Gasteiger partial charge in [0, 0.05) is 6.61 Å². The van der Waals surface area contributed by atoms with Gasteiger partial charge in [0.25, 0.3) is 0 Å². The number of ether oxygens (including phenoxy) is 3. The molecule has 0 atom stereocenters. The smallest absolute Gasteiger partial charge is 0.326 e. The molecule has 0 spiro atoms. The van der Waals surface area contributed by atoms with E-state index >= 15 is 0 Å². The van der Waals surface area contributed by atoms with Crippen molar-refractivity contribution in [1.82, 2.24) is 15.0 Å². The number of aliphatic hydroxyl groups excluding tert-OH is 1. The highest BCUT2D eigenvalue weighted by molar-refractivity contribution is 5.09. The van der Waals surface area contributed by atoms with Gasteiger partial charge < -0.3 is 19.3 Å². The minimum atomic E-state index is 0.0691. The molecule has 106 valence electrons. The highest BCUT2D eigenvalue weighted by Gasteiger charge is 2.23. The van der Waals surface area contributed by atoms with Crippen molar-refractivity contribution < 1.29 is 19.3 Å². The highest BCUT2D eigenvalue weighted by Crippen LogP contribution is 2.27. The van der Waals surface area contributed by atoms with Crippen molar-refractivity contribution in [3.63, 3.8) is 0 Å². The van der Waals surface area contributed by atoms with Crippen molar-refractivity contribution in [2.45, 2.75) is 31.8 Å². The topological polar surface area (TPSA) is 86.6 Å². The van der Waals surface area contributed by atoms with Gasteiger partial charge in [0.2, 0.25) is 0 Å². The van der Waals surface area contributed by atoms with Crippen molar-refractivity contribution in [2.75, 3.05) is 20.8 Å². The van der Waals surface area contributed by atoms with E-state index in [-0.39, 0.29) is 30.7 Å². The van der Waals surface area contributed by atoms with Gasteiger partial charge in [0.05, 0.1) is 14.2 Å². The molecule has 1 aliphatic carbocycles. The number of methoxy groups -OCH3 is 2. The Kier molecular flexibility index (Phi) is 4.73. The Morgan fingerprint density at radius 1 is 0.947 bits per heavy atom. The van der Waals surface area contributed by atoms with Gasteiger partial charge in [-0.1, -0.05) is 0 Å². The lowest BCUT2D eigenvalue weighted by Gasteiger charge is -2.26. The van der Waals surface area contributed by atoms with Gasteiger partial charge in [-0.15, -0.1) is 15.0 Å². The number of nitrogens with zero attached hydrogens (tertiary/aromatic N) is 3. The molecule has 0 bridgehead atoms. The summed E-state index contributed by atoms with van der Waals surface area (Å²) in [4.78, 5) is 12.0. The number of aliphatic hydroxyl groups is 1. The summed E-state index contributed by atoms with van der Waals surface area (Å²) in [7, 11) is 2.95. The summed E-state index contributed by atoms with van der Waals surface area (Å²) >= 11 is 0. The fraction of sp³-hybridized carbons (Fsp3) is 0.750. The van der Waals surface area contributed by atoms with Gasteiger partial charge in [-0.2, -0.15) is 0 Å². The predicted molar refractivity (Wildman–Crippen MR) is 66.4 cm³/mol. The fourth-order valence-corrected chi connectivity index (χ4v) is 2.14. The second kappa shape index (κ2) is 6.51. The number of rotatable bonds is 5. The molecule has 0 saturated heterocycles. The molecule has 1 N–H and O–H groups in total. The molecule has 0 aliphatic heterocycles. The molecular weight excluding hydrogens is 250 g/mol. The monoisotopic (exact) mass is 269 g/mol. The lowest BCUT2D eigenvalue weighted by atomic mass is 9.88. The van der Waals surface area contributed by atoms with Crippen molar-refractivity contribution in [3.05, 3.63) is 0 Å². The van der Waals surface area contributed by atoms with Crippen LogP contribution in [0.3, 0.4) is 0 Å². The first kappa shape index (κ1) is 13.8. The van der Waals surface area contributed by atoms with Crippen LogP contribution in [0.15, 0.2) is 0 Å². The quantitative estimate of drug-likeness (QED) is 0.846. The Bertz CT molecular complexity index is 386. The van der Waals surface area contributed by atoms with Gasteiger partial charge in [0.15, 0.2) is 0 Å². The molecule has 0 radical (unpaired) electrons. The molecule has 1 saturated carbocycles. The van der Waals surface area contributed by atoms with Gasteiger partial charge in [-0.25, -0.2) is 0 Å². The largest absolute Gasteiger partial charge is 0.467 e. The van der Waals surface area contributed by atoms with E-state index in [0.29, 0.717) is 5.92 Å². The van der Waals surface area contributed by atoms with E-state index in [1.165, 1.54) is 14.2 Å². The highest BCUT2D eigenvalue weighted by atomic mass is 16.5. The zero-order valence-electron chi connectivity index (χ0n) is 11.2. The van der Waals surface area contributed by atoms with Crippen LogP contribution < -0.4 is 14.2 Å². The van der Waals surface area contributed by atoms with Gasteiger partial charge in [-0.3, -0.25) is 0 Å². The maximum absolute atomic E-state index is 9.10. The lowest BCUT2D eigenvalue weighted by molar-refractivity contribution is 0.0947. The maximum atomic E-state index is 9.10. The van der Waals surface area contributed by atoms with E-state index in [2.05, 4.69) is 15.0 Å². The van der Waals surface area contributed by atoms with E-state index < -0.39 is 0 Å². The number of hydrogen-bond donors (Lipinski definition) is 1. The van der Waals surface area contributed by atoms with Crippen LogP contribution in [-0.2, 0) is 0 Å². The lowest BCUT2D eigenvalue weighted by Crippen LogP contribution is -2.26. The first-order valence-electron chi connectivity index (χ1n) is 6.36. The van der Waals surface area contributed by atoms with Gasteiger partial charge >= 0.3 is 18.0 Å². The van der Waals surface area contributed by atoms with Crippen LogP contribution in [-0.4, -0.2) is 47.0 Å². The molecule has 2 rings (SSSR count). The second-order valence-corrected chi connectivity index (χ2v) is 4.53. The Morgan fingerprint density at radius 2 is 1.47 bits per heavy atom. The predicted octanol–water partition coefficient (Wildman–Crippen LogP) is 0.819. The van der Waals surface area contributed by atoms with Crippen LogP contribution in [0.2, 0.25) is 0 Å². The minimum absolute atomic E-state index is 0.0691. The van der Waals surface area contributed by atoms with Crippen LogP contribution in [0, 0.1) is 5.92 Å². The van der Waals surface area contributed by atoms with Gasteiger partial charge in [-0.05, 0) is 31.6 Å². The second-order valence-electron chi connectivity index (χ2n) is 4.53. The fourth-order valence-electron chi connectivity index (χ4n) is 2.14. The van der Waals surface area contributed by atoms with Crippen molar-refractivity contribution in [2.24, 2.45) is 5.92 Å². The van der Waals surface area contributed by atoms with E-state index in [0.717, 1.165) is 25.7 Å². The number of aromatic nitrogens is 3. The Labute approximate surface area is 112 Å². The van der Waals surface area contributed by atoms with Crippen molar-refractivity contribution in [3.8, 4) is 18.0 Å². The Hall–Kier alpha value is -1.63. The van der Waals surface area contributed by atoms with Crippen LogP contribution in [0.25, 0.3) is 0 Å².